The number of hydrogen-bond donors (Lipinski definition) is 2. The van der Waals surface area contributed by atoms with Gasteiger partial charge in [0.2, 0.25) is 5.91 Å². The smallest absolute Gasteiger partial charge is 0.357 e. The molecule has 0 aromatic carbocycles. The highest BCUT2D eigenvalue weighted by molar-refractivity contribution is 14.0. The van der Waals surface area contributed by atoms with Crippen molar-refractivity contribution in [3.05, 3.63) is 0 Å². The van der Waals surface area contributed by atoms with Crippen molar-refractivity contribution >= 4 is 35.8 Å². The number of alkyl halides is 3. The summed E-state index contributed by atoms with van der Waals surface area (Å²) in [6, 6.07) is 0.163. The Morgan fingerprint density at radius 1 is 1.24 bits per heavy atom. The highest BCUT2D eigenvalue weighted by Gasteiger charge is 2.32. The van der Waals surface area contributed by atoms with Crippen LogP contribution in [0.1, 0.15) is 45.4 Å². The molecule has 0 radical (unpaired) electrons. The highest BCUT2D eigenvalue weighted by atomic mass is 127. The maximum Gasteiger partial charge on any atom is 0.401 e. The number of guanidine groups is 1. The summed E-state index contributed by atoms with van der Waals surface area (Å²) >= 11 is 0. The Balaban J connectivity index is 0.00000420. The molecule has 1 amide bonds. The number of halogens is 4. The molecule has 1 unspecified atom stereocenters. The Kier molecular flexibility index (Phi) is 11.6. The van der Waals surface area contributed by atoms with Crippen LogP contribution in [-0.2, 0) is 4.79 Å². The summed E-state index contributed by atoms with van der Waals surface area (Å²) in [7, 11) is 1.47. The Morgan fingerprint density at radius 3 is 2.55 bits per heavy atom. The molecule has 10 heteroatoms. The fourth-order valence-corrected chi connectivity index (χ4v) is 3.94. The van der Waals surface area contributed by atoms with Gasteiger partial charge in [0.25, 0.3) is 0 Å². The summed E-state index contributed by atoms with van der Waals surface area (Å²) in [5.74, 6) is 1.16. The minimum absolute atomic E-state index is 0. The maximum absolute atomic E-state index is 12.5. The highest BCUT2D eigenvalue weighted by Crippen LogP contribution is 2.27. The summed E-state index contributed by atoms with van der Waals surface area (Å²) < 4.78 is 37.0. The van der Waals surface area contributed by atoms with Crippen molar-refractivity contribution in [3.63, 3.8) is 0 Å². The van der Waals surface area contributed by atoms with Gasteiger partial charge in [-0.15, -0.1) is 24.0 Å². The van der Waals surface area contributed by atoms with E-state index in [0.29, 0.717) is 38.6 Å². The van der Waals surface area contributed by atoms with Gasteiger partial charge >= 0.3 is 6.18 Å². The lowest BCUT2D eigenvalue weighted by Crippen LogP contribution is -2.45. The van der Waals surface area contributed by atoms with Crippen molar-refractivity contribution in [2.24, 2.45) is 10.9 Å². The zero-order valence-corrected chi connectivity index (χ0v) is 19.8. The van der Waals surface area contributed by atoms with Crippen molar-refractivity contribution in [1.29, 1.82) is 0 Å². The second kappa shape index (κ2) is 12.8. The van der Waals surface area contributed by atoms with Crippen LogP contribution in [0.2, 0.25) is 0 Å². The fraction of sp³-hybridized carbons (Fsp3) is 0.895. The molecule has 1 saturated heterocycles. The van der Waals surface area contributed by atoms with E-state index in [-0.39, 0.29) is 41.8 Å². The minimum Gasteiger partial charge on any atom is -0.357 e. The first-order valence-electron chi connectivity index (χ1n) is 10.4. The van der Waals surface area contributed by atoms with Crippen LogP contribution in [0, 0.1) is 5.92 Å². The van der Waals surface area contributed by atoms with Crippen LogP contribution in [0.25, 0.3) is 0 Å². The standard InChI is InChI=1S/C19H34F3N5O.HI/c1-3-23-18(24-10-6-11-26(2)14-19(20,21)22)25-16-9-12-27(13-16)17(28)15-7-4-5-8-15;/h15-16H,3-14H2,1-2H3,(H2,23,24,25);1H. The zero-order chi connectivity index (χ0) is 20.6. The van der Waals surface area contributed by atoms with E-state index in [1.807, 2.05) is 11.8 Å². The number of carbonyl (C=O) groups is 1. The Morgan fingerprint density at radius 2 is 1.93 bits per heavy atom. The van der Waals surface area contributed by atoms with Crippen molar-refractivity contribution < 1.29 is 18.0 Å². The lowest BCUT2D eigenvalue weighted by atomic mass is 10.1. The number of nitrogens with zero attached hydrogens (tertiary/aromatic N) is 3. The average molecular weight is 533 g/mol. The summed E-state index contributed by atoms with van der Waals surface area (Å²) in [5, 5.41) is 6.55. The van der Waals surface area contributed by atoms with Gasteiger partial charge in [-0.25, -0.2) is 0 Å². The number of likely N-dealkylation sites (tertiary alicyclic amines) is 1. The molecule has 1 heterocycles. The van der Waals surface area contributed by atoms with E-state index in [4.69, 9.17) is 0 Å². The molecule has 0 aromatic rings. The van der Waals surface area contributed by atoms with Crippen LogP contribution in [0.5, 0.6) is 0 Å². The first-order valence-corrected chi connectivity index (χ1v) is 10.4. The van der Waals surface area contributed by atoms with Gasteiger partial charge < -0.3 is 15.5 Å². The van der Waals surface area contributed by atoms with E-state index in [2.05, 4.69) is 15.6 Å². The molecule has 0 bridgehead atoms. The molecule has 1 atom stereocenters. The Labute approximate surface area is 189 Å². The summed E-state index contributed by atoms with van der Waals surface area (Å²) in [5.41, 5.74) is 0. The van der Waals surface area contributed by atoms with Crippen LogP contribution in [0.4, 0.5) is 13.2 Å². The van der Waals surface area contributed by atoms with Crippen molar-refractivity contribution in [1.82, 2.24) is 20.4 Å². The van der Waals surface area contributed by atoms with E-state index >= 15 is 0 Å². The number of aliphatic imine (C=N–C) groups is 1. The number of rotatable bonds is 8. The second-order valence-corrected chi connectivity index (χ2v) is 7.86. The minimum atomic E-state index is -4.17. The third-order valence-electron chi connectivity index (χ3n) is 5.31. The summed E-state index contributed by atoms with van der Waals surface area (Å²) in [6.45, 7) is 4.03. The summed E-state index contributed by atoms with van der Waals surface area (Å²) in [4.78, 5) is 20.2. The van der Waals surface area contributed by atoms with Gasteiger partial charge in [0.05, 0.1) is 6.54 Å². The molecule has 170 valence electrons. The molecule has 2 fully saturated rings. The van der Waals surface area contributed by atoms with Gasteiger partial charge in [0.15, 0.2) is 5.96 Å². The quantitative estimate of drug-likeness (QED) is 0.218. The van der Waals surface area contributed by atoms with Gasteiger partial charge in [0.1, 0.15) is 0 Å². The Bertz CT molecular complexity index is 526. The molecule has 0 spiro atoms. The molecule has 2 aliphatic rings. The topological polar surface area (TPSA) is 60.0 Å². The predicted octanol–water partition coefficient (Wildman–Crippen LogP) is 2.83. The van der Waals surface area contributed by atoms with Gasteiger partial charge in [-0.2, -0.15) is 13.2 Å². The van der Waals surface area contributed by atoms with Crippen LogP contribution in [0.15, 0.2) is 4.99 Å². The zero-order valence-electron chi connectivity index (χ0n) is 17.4. The number of amides is 1. The van der Waals surface area contributed by atoms with Crippen LogP contribution < -0.4 is 10.6 Å². The van der Waals surface area contributed by atoms with E-state index in [0.717, 1.165) is 38.6 Å². The SMILES string of the molecule is CCNC(=NCCCN(C)CC(F)(F)F)NC1CCN(C(=O)C2CCCC2)C1.I. The van der Waals surface area contributed by atoms with E-state index in [1.54, 1.807) is 0 Å². The van der Waals surface area contributed by atoms with E-state index in [9.17, 15) is 18.0 Å². The third kappa shape index (κ3) is 9.71. The molecule has 1 saturated carbocycles. The number of nitrogens with one attached hydrogen (secondary N) is 2. The van der Waals surface area contributed by atoms with E-state index in [1.165, 1.54) is 11.9 Å². The lowest BCUT2D eigenvalue weighted by molar-refractivity contribution is -0.143. The monoisotopic (exact) mass is 533 g/mol. The molecule has 1 aliphatic carbocycles. The molecule has 2 rings (SSSR count). The molecule has 1 aliphatic heterocycles. The van der Waals surface area contributed by atoms with Crippen LogP contribution in [0.3, 0.4) is 0 Å². The van der Waals surface area contributed by atoms with Gasteiger partial charge in [-0.3, -0.25) is 14.7 Å². The van der Waals surface area contributed by atoms with Crippen molar-refractivity contribution in [2.75, 3.05) is 46.3 Å². The van der Waals surface area contributed by atoms with E-state index < -0.39 is 12.7 Å². The Hall–Kier alpha value is -0.780. The van der Waals surface area contributed by atoms with Gasteiger partial charge in [0, 0.05) is 38.1 Å². The molecular formula is C19H35F3IN5O. The van der Waals surface area contributed by atoms with Crippen LogP contribution >= 0.6 is 24.0 Å². The molecule has 6 nitrogen and oxygen atoms in total. The first kappa shape index (κ1) is 26.3. The average Bonchev–Trinajstić information content (AvgIpc) is 3.28. The second-order valence-electron chi connectivity index (χ2n) is 7.86. The molecule has 0 aromatic heterocycles. The first-order chi connectivity index (χ1) is 13.3. The van der Waals surface area contributed by atoms with Crippen LogP contribution in [-0.4, -0.2) is 80.2 Å². The molecular weight excluding hydrogens is 498 g/mol. The predicted molar refractivity (Wildman–Crippen MR) is 120 cm³/mol. The van der Waals surface area contributed by atoms with Crippen molar-refractivity contribution in [2.45, 2.75) is 57.7 Å². The largest absolute Gasteiger partial charge is 0.401 e. The summed E-state index contributed by atoms with van der Waals surface area (Å²) in [6.07, 6.45) is 1.61. The fourth-order valence-electron chi connectivity index (χ4n) is 3.94. The number of hydrogen-bond acceptors (Lipinski definition) is 3. The third-order valence-corrected chi connectivity index (χ3v) is 5.31. The maximum atomic E-state index is 12.5. The molecule has 29 heavy (non-hydrogen) atoms. The lowest BCUT2D eigenvalue weighted by Gasteiger charge is -2.21. The normalized spacial score (nSPS) is 20.8. The van der Waals surface area contributed by atoms with Crippen molar-refractivity contribution in [3.8, 4) is 0 Å². The number of carbonyl (C=O) groups excluding carboxylic acids is 1. The van der Waals surface area contributed by atoms with Gasteiger partial charge in [-0.05, 0) is 46.2 Å². The van der Waals surface area contributed by atoms with Gasteiger partial charge in [-0.1, -0.05) is 12.8 Å². The molecule has 2 N–H and O–H groups in total.